The van der Waals surface area contributed by atoms with E-state index >= 15 is 0 Å². The molecule has 0 fully saturated rings. The fourth-order valence-electron chi connectivity index (χ4n) is 1.50. The SMILES string of the molecule is COc1ccc(-c2nc(Cl)c(Br)c(Cl)n2)c(OC)c1. The van der Waals surface area contributed by atoms with Crippen molar-refractivity contribution in [1.82, 2.24) is 9.97 Å². The van der Waals surface area contributed by atoms with Crippen LogP contribution >= 0.6 is 39.1 Å². The van der Waals surface area contributed by atoms with E-state index in [-0.39, 0.29) is 10.3 Å². The van der Waals surface area contributed by atoms with Crippen molar-refractivity contribution in [2.24, 2.45) is 0 Å². The van der Waals surface area contributed by atoms with Crippen molar-refractivity contribution in [2.45, 2.75) is 0 Å². The highest BCUT2D eigenvalue weighted by Gasteiger charge is 2.14. The summed E-state index contributed by atoms with van der Waals surface area (Å²) in [5, 5.41) is 0.487. The fraction of sp³-hybridized carbons (Fsp3) is 0.167. The fourth-order valence-corrected chi connectivity index (χ4v) is 2.06. The highest BCUT2D eigenvalue weighted by molar-refractivity contribution is 9.10. The summed E-state index contributed by atoms with van der Waals surface area (Å²) in [6.07, 6.45) is 0. The minimum Gasteiger partial charge on any atom is -0.497 e. The number of rotatable bonds is 3. The second-order valence-electron chi connectivity index (χ2n) is 3.51. The molecule has 2 aromatic rings. The molecule has 1 heterocycles. The first-order valence-corrected chi connectivity index (χ1v) is 6.72. The van der Waals surface area contributed by atoms with Crippen LogP contribution in [-0.4, -0.2) is 24.2 Å². The highest BCUT2D eigenvalue weighted by Crippen LogP contribution is 2.35. The van der Waals surface area contributed by atoms with Crippen molar-refractivity contribution in [2.75, 3.05) is 14.2 Å². The predicted octanol–water partition coefficient (Wildman–Crippen LogP) is 4.23. The summed E-state index contributed by atoms with van der Waals surface area (Å²) in [4.78, 5) is 8.34. The minimum absolute atomic E-state index is 0.243. The topological polar surface area (TPSA) is 44.2 Å². The van der Waals surface area contributed by atoms with Crippen LogP contribution in [0.25, 0.3) is 11.4 Å². The third-order valence-corrected chi connectivity index (χ3v) is 4.17. The summed E-state index contributed by atoms with van der Waals surface area (Å²) < 4.78 is 10.9. The van der Waals surface area contributed by atoms with Crippen LogP contribution in [0.15, 0.2) is 22.7 Å². The Bertz CT molecular complexity index is 600. The molecule has 19 heavy (non-hydrogen) atoms. The van der Waals surface area contributed by atoms with Crippen molar-refractivity contribution >= 4 is 39.1 Å². The van der Waals surface area contributed by atoms with E-state index in [1.807, 2.05) is 0 Å². The molecule has 0 saturated heterocycles. The number of methoxy groups -OCH3 is 2. The Morgan fingerprint density at radius 3 is 2.21 bits per heavy atom. The molecule has 0 amide bonds. The van der Waals surface area contributed by atoms with Crippen LogP contribution in [0.1, 0.15) is 0 Å². The van der Waals surface area contributed by atoms with Crippen molar-refractivity contribution in [3.05, 3.63) is 33.0 Å². The number of aromatic nitrogens is 2. The van der Waals surface area contributed by atoms with E-state index in [2.05, 4.69) is 25.9 Å². The third kappa shape index (κ3) is 2.94. The molecule has 0 radical (unpaired) electrons. The Balaban J connectivity index is 2.58. The van der Waals surface area contributed by atoms with Crippen LogP contribution in [0.3, 0.4) is 0 Å². The molecule has 0 spiro atoms. The van der Waals surface area contributed by atoms with Gasteiger partial charge in [-0.3, -0.25) is 0 Å². The van der Waals surface area contributed by atoms with Gasteiger partial charge in [-0.05, 0) is 28.1 Å². The first kappa shape index (κ1) is 14.4. The Kier molecular flexibility index (Phi) is 4.50. The Morgan fingerprint density at radius 1 is 1.05 bits per heavy atom. The van der Waals surface area contributed by atoms with E-state index in [0.29, 0.717) is 27.4 Å². The van der Waals surface area contributed by atoms with Gasteiger partial charge in [-0.25, -0.2) is 9.97 Å². The van der Waals surface area contributed by atoms with E-state index in [1.165, 1.54) is 0 Å². The van der Waals surface area contributed by atoms with Gasteiger partial charge in [0.15, 0.2) is 5.82 Å². The average Bonchev–Trinajstić information content (AvgIpc) is 2.43. The lowest BCUT2D eigenvalue weighted by Crippen LogP contribution is -1.96. The van der Waals surface area contributed by atoms with Gasteiger partial charge in [-0.2, -0.15) is 0 Å². The van der Waals surface area contributed by atoms with Gasteiger partial charge in [0.25, 0.3) is 0 Å². The smallest absolute Gasteiger partial charge is 0.166 e. The van der Waals surface area contributed by atoms with Gasteiger partial charge in [0.1, 0.15) is 21.8 Å². The summed E-state index contributed by atoms with van der Waals surface area (Å²) in [6, 6.07) is 5.31. The molecule has 0 aliphatic rings. The van der Waals surface area contributed by atoms with E-state index in [1.54, 1.807) is 32.4 Å². The standard InChI is InChI=1S/C12H9BrCl2N2O2/c1-18-6-3-4-7(8(5-6)19-2)12-16-10(14)9(13)11(15)17-12/h3-5H,1-2H3. The summed E-state index contributed by atoms with van der Waals surface area (Å²) in [6.45, 7) is 0. The molecule has 100 valence electrons. The zero-order chi connectivity index (χ0) is 14.0. The van der Waals surface area contributed by atoms with Crippen molar-refractivity contribution in [3.8, 4) is 22.9 Å². The molecule has 7 heteroatoms. The Hall–Kier alpha value is -1.04. The van der Waals surface area contributed by atoms with Gasteiger partial charge < -0.3 is 9.47 Å². The number of hydrogen-bond acceptors (Lipinski definition) is 4. The number of halogens is 3. The van der Waals surface area contributed by atoms with Gasteiger partial charge in [-0.1, -0.05) is 23.2 Å². The normalized spacial score (nSPS) is 10.4. The van der Waals surface area contributed by atoms with Gasteiger partial charge in [0.05, 0.1) is 24.3 Å². The zero-order valence-electron chi connectivity index (χ0n) is 10.1. The maximum absolute atomic E-state index is 5.98. The van der Waals surface area contributed by atoms with Crippen LogP contribution in [0, 0.1) is 0 Å². The first-order valence-electron chi connectivity index (χ1n) is 5.17. The largest absolute Gasteiger partial charge is 0.497 e. The molecule has 2 rings (SSSR count). The monoisotopic (exact) mass is 362 g/mol. The van der Waals surface area contributed by atoms with Crippen molar-refractivity contribution in [3.63, 3.8) is 0 Å². The number of hydrogen-bond donors (Lipinski definition) is 0. The quantitative estimate of drug-likeness (QED) is 0.765. The van der Waals surface area contributed by atoms with Crippen LogP contribution in [0.5, 0.6) is 11.5 Å². The molecule has 0 N–H and O–H groups in total. The molecule has 0 aliphatic carbocycles. The van der Waals surface area contributed by atoms with Gasteiger partial charge >= 0.3 is 0 Å². The van der Waals surface area contributed by atoms with Crippen LogP contribution in [0.4, 0.5) is 0 Å². The van der Waals surface area contributed by atoms with Crippen LogP contribution < -0.4 is 9.47 Å². The van der Waals surface area contributed by atoms with Gasteiger partial charge in [0.2, 0.25) is 0 Å². The van der Waals surface area contributed by atoms with E-state index in [4.69, 9.17) is 32.7 Å². The molecule has 0 bridgehead atoms. The maximum atomic E-state index is 5.98. The molecule has 4 nitrogen and oxygen atoms in total. The summed E-state index contributed by atoms with van der Waals surface area (Å²) in [5.74, 6) is 1.64. The molecule has 0 atom stereocenters. The van der Waals surface area contributed by atoms with Crippen LogP contribution in [-0.2, 0) is 0 Å². The summed E-state index contributed by atoms with van der Waals surface area (Å²) in [7, 11) is 3.14. The second-order valence-corrected chi connectivity index (χ2v) is 5.02. The molecular formula is C12H9BrCl2N2O2. The molecule has 1 aromatic heterocycles. The Labute approximate surface area is 128 Å². The van der Waals surface area contributed by atoms with Crippen molar-refractivity contribution < 1.29 is 9.47 Å². The zero-order valence-corrected chi connectivity index (χ0v) is 13.2. The lowest BCUT2D eigenvalue weighted by Gasteiger charge is -2.10. The molecule has 0 unspecified atom stereocenters. The number of nitrogens with zero attached hydrogens (tertiary/aromatic N) is 2. The van der Waals surface area contributed by atoms with E-state index in [0.717, 1.165) is 0 Å². The second kappa shape index (κ2) is 5.94. The van der Waals surface area contributed by atoms with Gasteiger partial charge in [-0.15, -0.1) is 0 Å². The molecule has 0 saturated carbocycles. The van der Waals surface area contributed by atoms with Crippen LogP contribution in [0.2, 0.25) is 10.3 Å². The predicted molar refractivity (Wildman–Crippen MR) is 78.3 cm³/mol. The maximum Gasteiger partial charge on any atom is 0.166 e. The molecule has 1 aromatic carbocycles. The van der Waals surface area contributed by atoms with Crippen molar-refractivity contribution in [1.29, 1.82) is 0 Å². The lowest BCUT2D eigenvalue weighted by molar-refractivity contribution is 0.395. The number of ether oxygens (including phenoxy) is 2. The van der Waals surface area contributed by atoms with Gasteiger partial charge in [0, 0.05) is 6.07 Å². The summed E-state index contributed by atoms with van der Waals surface area (Å²) >= 11 is 15.2. The number of benzene rings is 1. The Morgan fingerprint density at radius 2 is 1.68 bits per heavy atom. The van der Waals surface area contributed by atoms with E-state index < -0.39 is 0 Å². The summed E-state index contributed by atoms with van der Waals surface area (Å²) in [5.41, 5.74) is 0.680. The lowest BCUT2D eigenvalue weighted by atomic mass is 10.2. The highest BCUT2D eigenvalue weighted by atomic mass is 79.9. The van der Waals surface area contributed by atoms with E-state index in [9.17, 15) is 0 Å². The molecular weight excluding hydrogens is 355 g/mol. The average molecular weight is 364 g/mol. The first-order chi connectivity index (χ1) is 9.06. The molecule has 0 aliphatic heterocycles. The minimum atomic E-state index is 0.243. The third-order valence-electron chi connectivity index (χ3n) is 2.42.